The fourth-order valence-corrected chi connectivity index (χ4v) is 4.10. The van der Waals surface area contributed by atoms with E-state index in [0.717, 1.165) is 28.8 Å². The zero-order valence-electron chi connectivity index (χ0n) is 20.6. The minimum atomic E-state index is -0.211. The van der Waals surface area contributed by atoms with E-state index >= 15 is 0 Å². The summed E-state index contributed by atoms with van der Waals surface area (Å²) in [6.45, 7) is 9.53. The standard InChI is InChI=1S/C29H37N3O2/c1-20(2)25-14-10-15-26(21(3)4)28(25)32-29(34)31-19-24(17-22-11-6-5-7-12-22)30-18-23-13-8-9-16-27(23)33/h5-16,20-21,24,30,33H,17-19H2,1-4H3,(H2,31,32,34). The van der Waals surface area contributed by atoms with Crippen LogP contribution in [0.4, 0.5) is 10.5 Å². The molecule has 0 aliphatic heterocycles. The van der Waals surface area contributed by atoms with Crippen molar-refractivity contribution in [2.45, 2.75) is 58.5 Å². The summed E-state index contributed by atoms with van der Waals surface area (Å²) in [6.07, 6.45) is 0.758. The maximum absolute atomic E-state index is 13.0. The number of urea groups is 1. The molecule has 2 amide bonds. The van der Waals surface area contributed by atoms with Gasteiger partial charge < -0.3 is 21.1 Å². The Morgan fingerprint density at radius 3 is 2.06 bits per heavy atom. The summed E-state index contributed by atoms with van der Waals surface area (Å²) in [4.78, 5) is 13.0. The summed E-state index contributed by atoms with van der Waals surface area (Å²) in [5.74, 6) is 0.880. The zero-order valence-corrected chi connectivity index (χ0v) is 20.6. The third kappa shape index (κ3) is 7.09. The monoisotopic (exact) mass is 459 g/mol. The molecule has 0 heterocycles. The molecule has 3 aromatic carbocycles. The van der Waals surface area contributed by atoms with Crippen molar-refractivity contribution in [3.63, 3.8) is 0 Å². The molecular formula is C29H37N3O2. The van der Waals surface area contributed by atoms with Crippen molar-refractivity contribution in [1.82, 2.24) is 10.6 Å². The molecule has 0 aliphatic carbocycles. The van der Waals surface area contributed by atoms with E-state index in [1.807, 2.05) is 36.4 Å². The molecule has 0 aliphatic rings. The molecule has 3 rings (SSSR count). The van der Waals surface area contributed by atoms with Crippen molar-refractivity contribution in [3.05, 3.63) is 95.1 Å². The van der Waals surface area contributed by atoms with E-state index < -0.39 is 0 Å². The second-order valence-corrected chi connectivity index (χ2v) is 9.35. The lowest BCUT2D eigenvalue weighted by atomic mass is 9.93. The minimum Gasteiger partial charge on any atom is -0.508 e. The number of anilines is 1. The third-order valence-corrected chi connectivity index (χ3v) is 6.02. The predicted octanol–water partition coefficient (Wildman–Crippen LogP) is 6.16. The average molecular weight is 460 g/mol. The van der Waals surface area contributed by atoms with Gasteiger partial charge in [0.1, 0.15) is 5.75 Å². The maximum Gasteiger partial charge on any atom is 0.319 e. The molecule has 1 unspecified atom stereocenters. The number of hydrogen-bond acceptors (Lipinski definition) is 3. The van der Waals surface area contributed by atoms with Gasteiger partial charge in [-0.25, -0.2) is 4.79 Å². The number of benzene rings is 3. The molecule has 0 fully saturated rings. The molecule has 4 N–H and O–H groups in total. The largest absolute Gasteiger partial charge is 0.508 e. The summed E-state index contributed by atoms with van der Waals surface area (Å²) >= 11 is 0. The van der Waals surface area contributed by atoms with E-state index in [9.17, 15) is 9.90 Å². The van der Waals surface area contributed by atoms with Crippen molar-refractivity contribution < 1.29 is 9.90 Å². The molecule has 34 heavy (non-hydrogen) atoms. The summed E-state index contributed by atoms with van der Waals surface area (Å²) in [5, 5.41) is 19.8. The predicted molar refractivity (Wildman–Crippen MR) is 141 cm³/mol. The van der Waals surface area contributed by atoms with Crippen LogP contribution in [-0.4, -0.2) is 23.7 Å². The van der Waals surface area contributed by atoms with Crippen molar-refractivity contribution in [2.75, 3.05) is 11.9 Å². The number of carbonyl (C=O) groups excluding carboxylic acids is 1. The number of hydrogen-bond donors (Lipinski definition) is 4. The highest BCUT2D eigenvalue weighted by atomic mass is 16.3. The van der Waals surface area contributed by atoms with Gasteiger partial charge in [-0.3, -0.25) is 0 Å². The summed E-state index contributed by atoms with van der Waals surface area (Å²) < 4.78 is 0. The van der Waals surface area contributed by atoms with Crippen LogP contribution in [0.2, 0.25) is 0 Å². The van der Waals surface area contributed by atoms with Gasteiger partial charge in [-0.2, -0.15) is 0 Å². The first kappa shape index (κ1) is 25.3. The molecule has 180 valence electrons. The number of rotatable bonds is 10. The van der Waals surface area contributed by atoms with Crippen molar-refractivity contribution in [3.8, 4) is 5.75 Å². The molecule has 0 saturated heterocycles. The molecule has 0 spiro atoms. The molecule has 3 aromatic rings. The number of nitrogens with one attached hydrogen (secondary N) is 3. The number of carbonyl (C=O) groups is 1. The van der Waals surface area contributed by atoms with Crippen LogP contribution in [0.3, 0.4) is 0 Å². The van der Waals surface area contributed by atoms with Crippen LogP contribution < -0.4 is 16.0 Å². The second-order valence-electron chi connectivity index (χ2n) is 9.35. The zero-order chi connectivity index (χ0) is 24.5. The van der Waals surface area contributed by atoms with Crippen molar-refractivity contribution in [2.24, 2.45) is 0 Å². The van der Waals surface area contributed by atoms with E-state index in [2.05, 4.69) is 74.0 Å². The van der Waals surface area contributed by atoms with E-state index in [0.29, 0.717) is 24.9 Å². The first-order valence-electron chi connectivity index (χ1n) is 12.1. The van der Waals surface area contributed by atoms with Gasteiger partial charge in [-0.1, -0.05) is 94.4 Å². The molecular weight excluding hydrogens is 422 g/mol. The molecule has 0 saturated carbocycles. The Morgan fingerprint density at radius 2 is 1.44 bits per heavy atom. The Hall–Kier alpha value is -3.31. The minimum absolute atomic E-state index is 0.00216. The number of aromatic hydroxyl groups is 1. The van der Waals surface area contributed by atoms with Crippen LogP contribution in [0.1, 0.15) is 61.8 Å². The van der Waals surface area contributed by atoms with Gasteiger partial charge in [0.15, 0.2) is 0 Å². The summed E-state index contributed by atoms with van der Waals surface area (Å²) in [5.41, 5.74) is 5.20. The molecule has 5 heteroatoms. The van der Waals surface area contributed by atoms with Gasteiger partial charge in [0, 0.05) is 30.4 Å². The fourth-order valence-electron chi connectivity index (χ4n) is 4.10. The van der Waals surface area contributed by atoms with E-state index in [1.165, 1.54) is 5.56 Å². The van der Waals surface area contributed by atoms with Crippen LogP contribution in [0.5, 0.6) is 5.75 Å². The summed E-state index contributed by atoms with van der Waals surface area (Å²) in [7, 11) is 0. The smallest absolute Gasteiger partial charge is 0.319 e. The van der Waals surface area contributed by atoms with Gasteiger partial charge in [0.25, 0.3) is 0 Å². The Morgan fingerprint density at radius 1 is 0.824 bits per heavy atom. The first-order valence-corrected chi connectivity index (χ1v) is 12.1. The lowest BCUT2D eigenvalue weighted by Gasteiger charge is -2.22. The van der Waals surface area contributed by atoms with Gasteiger partial charge >= 0.3 is 6.03 Å². The lowest BCUT2D eigenvalue weighted by molar-refractivity contribution is 0.250. The highest BCUT2D eigenvalue weighted by molar-refractivity contribution is 5.91. The SMILES string of the molecule is CC(C)c1cccc(C(C)C)c1NC(=O)NCC(Cc1ccccc1)NCc1ccccc1O. The fraction of sp³-hybridized carbons (Fsp3) is 0.345. The Labute approximate surface area is 203 Å². The highest BCUT2D eigenvalue weighted by Gasteiger charge is 2.17. The quantitative estimate of drug-likeness (QED) is 0.293. The topological polar surface area (TPSA) is 73.4 Å². The Bertz CT molecular complexity index is 1040. The molecule has 1 atom stereocenters. The van der Waals surface area contributed by atoms with Crippen LogP contribution in [0, 0.1) is 0 Å². The number of phenols is 1. The second kappa shape index (κ2) is 12.2. The molecule has 0 radical (unpaired) electrons. The van der Waals surface area contributed by atoms with Gasteiger partial charge in [-0.05, 0) is 41.0 Å². The number of amides is 2. The van der Waals surface area contributed by atoms with Crippen LogP contribution in [0.15, 0.2) is 72.8 Å². The van der Waals surface area contributed by atoms with Gasteiger partial charge in [-0.15, -0.1) is 0 Å². The molecule has 0 bridgehead atoms. The number of phenolic OH excluding ortho intramolecular Hbond substituents is 1. The number of para-hydroxylation sites is 2. The normalized spacial score (nSPS) is 12.1. The summed E-state index contributed by atoms with van der Waals surface area (Å²) in [6, 6.07) is 23.5. The van der Waals surface area contributed by atoms with E-state index in [1.54, 1.807) is 6.07 Å². The Kier molecular flexibility index (Phi) is 9.11. The van der Waals surface area contributed by atoms with E-state index in [-0.39, 0.29) is 17.8 Å². The molecule has 0 aromatic heterocycles. The lowest BCUT2D eigenvalue weighted by Crippen LogP contribution is -2.43. The highest BCUT2D eigenvalue weighted by Crippen LogP contribution is 2.32. The van der Waals surface area contributed by atoms with Gasteiger partial charge in [0.2, 0.25) is 0 Å². The third-order valence-electron chi connectivity index (χ3n) is 6.02. The van der Waals surface area contributed by atoms with E-state index in [4.69, 9.17) is 0 Å². The van der Waals surface area contributed by atoms with Crippen LogP contribution >= 0.6 is 0 Å². The van der Waals surface area contributed by atoms with Crippen molar-refractivity contribution >= 4 is 11.7 Å². The van der Waals surface area contributed by atoms with Crippen LogP contribution in [0.25, 0.3) is 0 Å². The first-order chi connectivity index (χ1) is 16.3. The van der Waals surface area contributed by atoms with Crippen molar-refractivity contribution in [1.29, 1.82) is 0 Å². The van der Waals surface area contributed by atoms with Gasteiger partial charge in [0.05, 0.1) is 0 Å². The Balaban J connectivity index is 1.69. The molecule has 5 nitrogen and oxygen atoms in total. The average Bonchev–Trinajstić information content (AvgIpc) is 2.82. The van der Waals surface area contributed by atoms with Crippen LogP contribution in [-0.2, 0) is 13.0 Å². The maximum atomic E-state index is 13.0.